The van der Waals surface area contributed by atoms with Gasteiger partial charge in [-0.25, -0.2) is 4.98 Å². The van der Waals surface area contributed by atoms with E-state index in [1.54, 1.807) is 0 Å². The maximum absolute atomic E-state index is 12.5. The number of H-pyrrole nitrogens is 1. The smallest absolute Gasteiger partial charge is 0.273 e. The van der Waals surface area contributed by atoms with Crippen LogP contribution in [0.2, 0.25) is 10.0 Å². The Morgan fingerprint density at radius 1 is 1.33 bits per heavy atom. The maximum Gasteiger partial charge on any atom is 0.273 e. The molecule has 6 nitrogen and oxygen atoms in total. The fourth-order valence-electron chi connectivity index (χ4n) is 3.71. The molecule has 1 aromatic carbocycles. The van der Waals surface area contributed by atoms with Crippen LogP contribution in [0.25, 0.3) is 5.65 Å². The largest absolute Gasteiger partial charge is 0.351 e. The molecule has 1 aliphatic carbocycles. The number of benzene rings is 1. The van der Waals surface area contributed by atoms with Crippen LogP contribution in [0.1, 0.15) is 43.1 Å². The number of hydrogen-bond donors (Lipinski definition) is 2. The molecule has 0 aliphatic heterocycles. The van der Waals surface area contributed by atoms with Crippen molar-refractivity contribution < 1.29 is 4.79 Å². The van der Waals surface area contributed by atoms with E-state index in [0.717, 1.165) is 30.5 Å². The molecule has 4 rings (SSSR count). The zero-order valence-corrected chi connectivity index (χ0v) is 16.2. The molecule has 3 aromatic rings. The fourth-order valence-corrected chi connectivity index (χ4v) is 4.38. The van der Waals surface area contributed by atoms with E-state index in [2.05, 4.69) is 15.4 Å². The summed E-state index contributed by atoms with van der Waals surface area (Å²) in [6.07, 6.45) is 2.82. The molecule has 0 unspecified atom stereocenters. The van der Waals surface area contributed by atoms with Crippen LogP contribution in [-0.2, 0) is 16.8 Å². The van der Waals surface area contributed by atoms with Crippen molar-refractivity contribution in [3.05, 3.63) is 67.7 Å². The van der Waals surface area contributed by atoms with Crippen molar-refractivity contribution in [3.8, 4) is 0 Å². The van der Waals surface area contributed by atoms with Gasteiger partial charge in [0.2, 0.25) is 5.91 Å². The van der Waals surface area contributed by atoms with E-state index in [-0.39, 0.29) is 23.4 Å². The van der Waals surface area contributed by atoms with E-state index in [1.165, 1.54) is 17.5 Å². The summed E-state index contributed by atoms with van der Waals surface area (Å²) in [5.74, 6) is -0.190. The Bertz CT molecular complexity index is 1100. The number of carbonyl (C=O) groups excluding carboxylic acids is 1. The molecule has 1 fully saturated rings. The minimum absolute atomic E-state index is 0.174. The molecule has 27 heavy (non-hydrogen) atoms. The molecule has 1 saturated carbocycles. The molecule has 1 aliphatic rings. The summed E-state index contributed by atoms with van der Waals surface area (Å²) in [5.41, 5.74) is 1.94. The number of amides is 1. The molecule has 2 aromatic heterocycles. The van der Waals surface area contributed by atoms with Gasteiger partial charge in [0, 0.05) is 23.4 Å². The zero-order chi connectivity index (χ0) is 19.2. The van der Waals surface area contributed by atoms with Crippen LogP contribution in [0.15, 0.2) is 35.1 Å². The molecule has 0 bridgehead atoms. The van der Waals surface area contributed by atoms with E-state index in [4.69, 9.17) is 23.2 Å². The van der Waals surface area contributed by atoms with Gasteiger partial charge in [0.25, 0.3) is 5.56 Å². The molecule has 140 valence electrons. The summed E-state index contributed by atoms with van der Waals surface area (Å²) in [4.78, 5) is 28.1. The van der Waals surface area contributed by atoms with Gasteiger partial charge in [-0.2, -0.15) is 4.52 Å². The third kappa shape index (κ3) is 2.93. The topological polar surface area (TPSA) is 79.3 Å². The predicted molar refractivity (Wildman–Crippen MR) is 104 cm³/mol. The first-order valence-electron chi connectivity index (χ1n) is 8.72. The summed E-state index contributed by atoms with van der Waals surface area (Å²) in [6.45, 7) is 1.59. The van der Waals surface area contributed by atoms with Crippen molar-refractivity contribution in [2.24, 2.45) is 0 Å². The number of halogens is 2. The van der Waals surface area contributed by atoms with Gasteiger partial charge in [-0.1, -0.05) is 47.8 Å². The minimum Gasteiger partial charge on any atom is -0.351 e. The van der Waals surface area contributed by atoms with E-state index >= 15 is 0 Å². The molecule has 0 spiro atoms. The Morgan fingerprint density at radius 3 is 2.70 bits per heavy atom. The Labute approximate surface area is 165 Å². The molecular weight excluding hydrogens is 387 g/mol. The van der Waals surface area contributed by atoms with Crippen LogP contribution in [0.3, 0.4) is 0 Å². The first-order chi connectivity index (χ1) is 12.9. The summed E-state index contributed by atoms with van der Waals surface area (Å²) in [6, 6.07) is 9.10. The van der Waals surface area contributed by atoms with Gasteiger partial charge in [-0.3, -0.25) is 14.7 Å². The highest BCUT2D eigenvalue weighted by Gasteiger charge is 2.45. The van der Waals surface area contributed by atoms with Crippen LogP contribution < -0.4 is 10.9 Å². The Balaban J connectivity index is 1.86. The molecule has 1 amide bonds. The van der Waals surface area contributed by atoms with Crippen LogP contribution in [0, 0.1) is 0 Å². The second-order valence-electron chi connectivity index (χ2n) is 6.87. The van der Waals surface area contributed by atoms with Gasteiger partial charge in [0.1, 0.15) is 5.02 Å². The molecular formula is C19H18Cl2N4O2. The number of fused-ring (bicyclic) bond motifs is 1. The fraction of sp³-hybridized carbons (Fsp3) is 0.316. The van der Waals surface area contributed by atoms with E-state index in [0.29, 0.717) is 21.4 Å². The van der Waals surface area contributed by atoms with Gasteiger partial charge in [0.05, 0.1) is 17.9 Å². The zero-order valence-electron chi connectivity index (χ0n) is 14.7. The molecule has 0 atom stereocenters. The Hall–Kier alpha value is -2.31. The van der Waals surface area contributed by atoms with Gasteiger partial charge >= 0.3 is 0 Å². The van der Waals surface area contributed by atoms with E-state index in [9.17, 15) is 9.59 Å². The summed E-state index contributed by atoms with van der Waals surface area (Å²) < 4.78 is 1.35. The second kappa shape index (κ2) is 6.69. The van der Waals surface area contributed by atoms with Gasteiger partial charge in [-0.05, 0) is 24.5 Å². The third-order valence-electron chi connectivity index (χ3n) is 5.20. The first kappa shape index (κ1) is 18.1. The highest BCUT2D eigenvalue weighted by molar-refractivity contribution is 6.34. The van der Waals surface area contributed by atoms with Crippen molar-refractivity contribution >= 4 is 34.8 Å². The number of nitrogens with zero attached hydrogens (tertiary/aromatic N) is 2. The van der Waals surface area contributed by atoms with Crippen molar-refractivity contribution in [3.63, 3.8) is 0 Å². The average Bonchev–Trinajstić information content (AvgIpc) is 2.92. The lowest BCUT2D eigenvalue weighted by Gasteiger charge is -2.42. The minimum atomic E-state index is -0.354. The second-order valence-corrected chi connectivity index (χ2v) is 7.66. The number of rotatable bonds is 4. The SMILES string of the molecule is CC(=O)NCc1cc(=O)n2[nH]c(C3(c4ccccc4Cl)CCC3)c(Cl)c2n1. The van der Waals surface area contributed by atoms with Gasteiger partial charge in [0.15, 0.2) is 5.65 Å². The summed E-state index contributed by atoms with van der Waals surface area (Å²) >= 11 is 13.1. The monoisotopic (exact) mass is 404 g/mol. The van der Waals surface area contributed by atoms with Crippen LogP contribution in [-0.4, -0.2) is 20.5 Å². The van der Waals surface area contributed by atoms with Crippen LogP contribution in [0.5, 0.6) is 0 Å². The number of aromatic amines is 1. The maximum atomic E-state index is 12.5. The van der Waals surface area contributed by atoms with Crippen molar-refractivity contribution in [1.82, 2.24) is 19.9 Å². The highest BCUT2D eigenvalue weighted by atomic mass is 35.5. The number of hydrogen-bond acceptors (Lipinski definition) is 3. The molecule has 0 radical (unpaired) electrons. The Kier molecular flexibility index (Phi) is 4.48. The third-order valence-corrected chi connectivity index (χ3v) is 5.89. The lowest BCUT2D eigenvalue weighted by Crippen LogP contribution is -2.36. The van der Waals surface area contributed by atoms with Gasteiger partial charge < -0.3 is 5.32 Å². The Morgan fingerprint density at radius 2 is 2.07 bits per heavy atom. The lowest BCUT2D eigenvalue weighted by atomic mass is 9.62. The van der Waals surface area contributed by atoms with E-state index in [1.807, 2.05) is 24.3 Å². The van der Waals surface area contributed by atoms with Crippen LogP contribution >= 0.6 is 23.2 Å². The number of carbonyl (C=O) groups is 1. The summed E-state index contributed by atoms with van der Waals surface area (Å²) in [5, 5.41) is 6.89. The number of nitrogens with one attached hydrogen (secondary N) is 2. The molecule has 0 saturated heterocycles. The predicted octanol–water partition coefficient (Wildman–Crippen LogP) is 3.44. The lowest BCUT2D eigenvalue weighted by molar-refractivity contribution is -0.119. The highest BCUT2D eigenvalue weighted by Crippen LogP contribution is 2.52. The standard InChI is InChI=1S/C19H18Cl2N4O2/c1-11(26)22-10-12-9-15(27)25-18(23-12)16(21)17(24-25)19(7-4-8-19)13-5-2-3-6-14(13)20/h2-3,5-6,9,24H,4,7-8,10H2,1H3,(H,22,26). The first-order valence-corrected chi connectivity index (χ1v) is 9.48. The quantitative estimate of drug-likeness (QED) is 0.698. The average molecular weight is 405 g/mol. The molecule has 2 heterocycles. The van der Waals surface area contributed by atoms with E-state index < -0.39 is 0 Å². The normalized spacial score (nSPS) is 15.5. The van der Waals surface area contributed by atoms with Crippen molar-refractivity contribution in [2.75, 3.05) is 0 Å². The molecule has 8 heteroatoms. The molecule has 2 N–H and O–H groups in total. The van der Waals surface area contributed by atoms with Crippen LogP contribution in [0.4, 0.5) is 0 Å². The number of aromatic nitrogens is 3. The van der Waals surface area contributed by atoms with Crippen molar-refractivity contribution in [2.45, 2.75) is 38.1 Å². The van der Waals surface area contributed by atoms with Crippen molar-refractivity contribution in [1.29, 1.82) is 0 Å². The van der Waals surface area contributed by atoms with Gasteiger partial charge in [-0.15, -0.1) is 0 Å². The summed E-state index contributed by atoms with van der Waals surface area (Å²) in [7, 11) is 0.